The minimum Gasteiger partial charge on any atom is -0.360 e. The van der Waals surface area contributed by atoms with Crippen molar-refractivity contribution in [2.24, 2.45) is 0 Å². The minimum absolute atomic E-state index is 0.0242. The lowest BCUT2D eigenvalue weighted by Crippen LogP contribution is -1.99. The summed E-state index contributed by atoms with van der Waals surface area (Å²) >= 11 is 1.42. The van der Waals surface area contributed by atoms with Gasteiger partial charge in [-0.15, -0.1) is 10.2 Å². The maximum Gasteiger partial charge on any atom is 0.307 e. The van der Waals surface area contributed by atoms with Crippen molar-refractivity contribution < 1.29 is 4.92 Å². The maximum atomic E-state index is 10.5. The van der Waals surface area contributed by atoms with Gasteiger partial charge in [-0.1, -0.05) is 18.3 Å². The van der Waals surface area contributed by atoms with Gasteiger partial charge in [0.25, 0.3) is 0 Å². The number of rotatable bonds is 6. The van der Waals surface area contributed by atoms with Crippen LogP contribution in [0.2, 0.25) is 0 Å². The summed E-state index contributed by atoms with van der Waals surface area (Å²) in [5.41, 5.74) is -0.0242. The van der Waals surface area contributed by atoms with E-state index in [2.05, 4.69) is 27.5 Å². The molecule has 0 aliphatic rings. The zero-order valence-electron chi connectivity index (χ0n) is 9.74. The first-order valence-electron chi connectivity index (χ1n) is 5.42. The van der Waals surface area contributed by atoms with E-state index in [4.69, 9.17) is 0 Å². The van der Waals surface area contributed by atoms with Crippen molar-refractivity contribution in [3.8, 4) is 0 Å². The van der Waals surface area contributed by atoms with Crippen LogP contribution >= 0.6 is 11.3 Å². The number of nitro groups is 1. The quantitative estimate of drug-likeness (QED) is 0.629. The van der Waals surface area contributed by atoms with Gasteiger partial charge in [0.1, 0.15) is 17.4 Å². The number of anilines is 1. The fourth-order valence-corrected chi connectivity index (χ4v) is 2.05. The van der Waals surface area contributed by atoms with Crippen LogP contribution in [0.3, 0.4) is 0 Å². The van der Waals surface area contributed by atoms with E-state index in [1.165, 1.54) is 28.4 Å². The van der Waals surface area contributed by atoms with Gasteiger partial charge in [0.15, 0.2) is 0 Å². The van der Waals surface area contributed by atoms with Crippen molar-refractivity contribution in [2.75, 3.05) is 11.9 Å². The van der Waals surface area contributed by atoms with Crippen molar-refractivity contribution in [3.63, 3.8) is 0 Å². The molecule has 0 aromatic carbocycles. The Bertz CT molecular complexity index is 537. The molecule has 0 saturated carbocycles. The molecule has 1 N–H and O–H groups in total. The molecule has 0 bridgehead atoms. The van der Waals surface area contributed by atoms with Crippen LogP contribution in [-0.4, -0.2) is 31.4 Å². The van der Waals surface area contributed by atoms with E-state index in [0.717, 1.165) is 23.1 Å². The van der Waals surface area contributed by atoms with Crippen LogP contribution in [-0.2, 0) is 6.54 Å². The highest BCUT2D eigenvalue weighted by atomic mass is 32.1. The van der Waals surface area contributed by atoms with Gasteiger partial charge in [0, 0.05) is 6.54 Å². The largest absolute Gasteiger partial charge is 0.360 e. The fourth-order valence-electron chi connectivity index (χ4n) is 1.29. The summed E-state index contributed by atoms with van der Waals surface area (Å²) in [6, 6.07) is 0. The highest BCUT2D eigenvalue weighted by Crippen LogP contribution is 2.17. The normalized spacial score (nSPS) is 10.5. The van der Waals surface area contributed by atoms with Crippen LogP contribution in [0.15, 0.2) is 12.4 Å². The Labute approximate surface area is 107 Å². The third-order valence-corrected chi connectivity index (χ3v) is 2.99. The SMILES string of the molecule is CCCNc1nnc(Cn2cc([N+](=O)[O-])cn2)s1. The summed E-state index contributed by atoms with van der Waals surface area (Å²) in [6.45, 7) is 3.30. The molecule has 0 atom stereocenters. The fraction of sp³-hybridized carbons (Fsp3) is 0.444. The second-order valence-corrected chi connectivity index (χ2v) is 4.64. The van der Waals surface area contributed by atoms with E-state index in [1.807, 2.05) is 0 Å². The molecule has 2 rings (SSSR count). The third-order valence-electron chi connectivity index (χ3n) is 2.12. The van der Waals surface area contributed by atoms with E-state index >= 15 is 0 Å². The van der Waals surface area contributed by atoms with Gasteiger partial charge in [-0.05, 0) is 6.42 Å². The van der Waals surface area contributed by atoms with Crippen molar-refractivity contribution >= 4 is 22.2 Å². The molecule has 8 nitrogen and oxygen atoms in total. The van der Waals surface area contributed by atoms with Gasteiger partial charge in [0.2, 0.25) is 5.13 Å². The van der Waals surface area contributed by atoms with Crippen molar-refractivity contribution in [1.29, 1.82) is 0 Å². The first-order valence-corrected chi connectivity index (χ1v) is 6.23. The highest BCUT2D eigenvalue weighted by molar-refractivity contribution is 7.15. The van der Waals surface area contributed by atoms with Gasteiger partial charge in [-0.3, -0.25) is 14.8 Å². The minimum atomic E-state index is -0.474. The molecule has 18 heavy (non-hydrogen) atoms. The second kappa shape index (κ2) is 5.54. The topological polar surface area (TPSA) is 98.8 Å². The first-order chi connectivity index (χ1) is 8.69. The molecule has 0 saturated heterocycles. The van der Waals surface area contributed by atoms with Crippen LogP contribution in [0.25, 0.3) is 0 Å². The van der Waals surface area contributed by atoms with Crippen LogP contribution < -0.4 is 5.32 Å². The zero-order chi connectivity index (χ0) is 13.0. The molecule has 2 aromatic rings. The summed E-state index contributed by atoms with van der Waals surface area (Å²) in [4.78, 5) is 10.0. The molecular formula is C9H12N6O2S. The Hall–Kier alpha value is -2.03. The summed E-state index contributed by atoms with van der Waals surface area (Å²) in [6.07, 6.45) is 3.61. The standard InChI is InChI=1S/C9H12N6O2S/c1-2-3-10-9-13-12-8(18-9)6-14-5-7(4-11-14)15(16)17/h4-5H,2-3,6H2,1H3,(H,10,13). The van der Waals surface area contributed by atoms with Crippen molar-refractivity contribution in [1.82, 2.24) is 20.0 Å². The van der Waals surface area contributed by atoms with Gasteiger partial charge in [-0.2, -0.15) is 5.10 Å². The van der Waals surface area contributed by atoms with Crippen molar-refractivity contribution in [3.05, 3.63) is 27.5 Å². The highest BCUT2D eigenvalue weighted by Gasteiger charge is 2.10. The summed E-state index contributed by atoms with van der Waals surface area (Å²) < 4.78 is 1.47. The summed E-state index contributed by atoms with van der Waals surface area (Å²) in [5.74, 6) is 0. The number of hydrogen-bond donors (Lipinski definition) is 1. The molecule has 0 aliphatic heterocycles. The van der Waals surface area contributed by atoms with Crippen molar-refractivity contribution in [2.45, 2.75) is 19.9 Å². The smallest absolute Gasteiger partial charge is 0.307 e. The molecular weight excluding hydrogens is 256 g/mol. The second-order valence-electron chi connectivity index (χ2n) is 3.58. The van der Waals surface area contributed by atoms with Gasteiger partial charge in [-0.25, -0.2) is 0 Å². The van der Waals surface area contributed by atoms with E-state index in [-0.39, 0.29) is 5.69 Å². The lowest BCUT2D eigenvalue weighted by atomic mass is 10.5. The summed E-state index contributed by atoms with van der Waals surface area (Å²) in [5, 5.41) is 27.0. The zero-order valence-corrected chi connectivity index (χ0v) is 10.6. The Morgan fingerprint density at radius 3 is 3.06 bits per heavy atom. The van der Waals surface area contributed by atoms with Gasteiger partial charge in [0.05, 0.1) is 11.5 Å². The van der Waals surface area contributed by atoms with Crippen LogP contribution in [0, 0.1) is 10.1 Å². The van der Waals surface area contributed by atoms with E-state index in [1.54, 1.807) is 0 Å². The molecule has 0 unspecified atom stereocenters. The Morgan fingerprint density at radius 1 is 1.56 bits per heavy atom. The Balaban J connectivity index is 1.99. The molecule has 2 heterocycles. The van der Waals surface area contributed by atoms with Crippen LogP contribution in [0.4, 0.5) is 10.8 Å². The number of hydrogen-bond acceptors (Lipinski definition) is 7. The molecule has 0 fully saturated rings. The Morgan fingerprint density at radius 2 is 2.39 bits per heavy atom. The van der Waals surface area contributed by atoms with Gasteiger partial charge >= 0.3 is 5.69 Å². The molecule has 0 radical (unpaired) electrons. The molecule has 0 aliphatic carbocycles. The van der Waals surface area contributed by atoms with Gasteiger partial charge < -0.3 is 5.32 Å². The average Bonchev–Trinajstić information content (AvgIpc) is 2.96. The average molecular weight is 268 g/mol. The maximum absolute atomic E-state index is 10.5. The Kier molecular flexibility index (Phi) is 3.82. The molecule has 0 amide bonds. The number of aromatic nitrogens is 4. The monoisotopic (exact) mass is 268 g/mol. The molecule has 0 spiro atoms. The predicted octanol–water partition coefficient (Wildman–Crippen LogP) is 1.51. The first kappa shape index (κ1) is 12.4. The molecule has 9 heteroatoms. The van der Waals surface area contributed by atoms with E-state index in [9.17, 15) is 10.1 Å². The molecule has 2 aromatic heterocycles. The number of nitrogens with zero attached hydrogens (tertiary/aromatic N) is 5. The third kappa shape index (κ3) is 3.00. The van der Waals surface area contributed by atoms with Crippen LogP contribution in [0.1, 0.15) is 18.4 Å². The summed E-state index contributed by atoms with van der Waals surface area (Å²) in [7, 11) is 0. The van der Waals surface area contributed by atoms with Crippen LogP contribution in [0.5, 0.6) is 0 Å². The lowest BCUT2D eigenvalue weighted by Gasteiger charge is -1.96. The lowest BCUT2D eigenvalue weighted by molar-refractivity contribution is -0.385. The predicted molar refractivity (Wildman–Crippen MR) is 66.7 cm³/mol. The van der Waals surface area contributed by atoms with E-state index < -0.39 is 4.92 Å². The molecule has 96 valence electrons. The van der Waals surface area contributed by atoms with E-state index in [0.29, 0.717) is 6.54 Å². The number of nitrogens with one attached hydrogen (secondary N) is 1.